The van der Waals surface area contributed by atoms with Crippen molar-refractivity contribution < 1.29 is 28.6 Å². The molecule has 2 N–H and O–H groups in total. The third-order valence-corrected chi connectivity index (χ3v) is 6.36. The molecule has 31 heavy (non-hydrogen) atoms. The second-order valence-electron chi connectivity index (χ2n) is 7.99. The highest BCUT2D eigenvalue weighted by molar-refractivity contribution is 6.31. The Morgan fingerprint density at radius 2 is 1.97 bits per heavy atom. The Kier molecular flexibility index (Phi) is 5.47. The van der Waals surface area contributed by atoms with Crippen LogP contribution in [0.3, 0.4) is 0 Å². The number of aromatic hydroxyl groups is 1. The molecule has 4 rings (SSSR count). The topological polar surface area (TPSA) is 79.5 Å². The number of hydrogen-bond donors (Lipinski definition) is 2. The third kappa shape index (κ3) is 3.57. The van der Waals surface area contributed by atoms with E-state index in [1.54, 1.807) is 12.1 Å². The summed E-state index contributed by atoms with van der Waals surface area (Å²) in [5.74, 6) is -6.39. The van der Waals surface area contributed by atoms with Gasteiger partial charge in [-0.1, -0.05) is 36.9 Å². The summed E-state index contributed by atoms with van der Waals surface area (Å²) in [5.41, 5.74) is 0.317. The smallest absolute Gasteiger partial charge is 0.311 e. The second-order valence-corrected chi connectivity index (χ2v) is 8.42. The van der Waals surface area contributed by atoms with Gasteiger partial charge in [0.1, 0.15) is 0 Å². The van der Waals surface area contributed by atoms with Crippen molar-refractivity contribution >= 4 is 34.4 Å². The number of phenolic OH excluding ortho intramolecular Hbond substituents is 1. The molecular weight excluding hydrogens is 428 g/mol. The molecule has 0 radical (unpaired) electrons. The highest BCUT2D eigenvalue weighted by atomic mass is 35.5. The van der Waals surface area contributed by atoms with Gasteiger partial charge in [0, 0.05) is 27.7 Å². The molecular formula is C23H20ClF2NO4. The van der Waals surface area contributed by atoms with Crippen molar-refractivity contribution in [2.45, 2.75) is 38.5 Å². The van der Waals surface area contributed by atoms with E-state index in [1.807, 2.05) is 0 Å². The predicted octanol–water partition coefficient (Wildman–Crippen LogP) is 5.63. The number of carboxylic acid groups (broad SMARTS) is 1. The summed E-state index contributed by atoms with van der Waals surface area (Å²) in [6.07, 6.45) is 3.04. The summed E-state index contributed by atoms with van der Waals surface area (Å²) in [7, 11) is 0. The monoisotopic (exact) mass is 447 g/mol. The largest absolute Gasteiger partial charge is 0.503 e. The van der Waals surface area contributed by atoms with E-state index in [1.165, 1.54) is 19.1 Å². The molecule has 1 fully saturated rings. The number of fused-ring (bicyclic) bond motifs is 1. The number of nitrogens with zero attached hydrogens (tertiary/aromatic N) is 1. The normalized spacial score (nSPS) is 15.1. The van der Waals surface area contributed by atoms with Gasteiger partial charge in [-0.15, -0.1) is 0 Å². The maximum Gasteiger partial charge on any atom is 0.311 e. The lowest BCUT2D eigenvalue weighted by Crippen LogP contribution is -2.21. The Morgan fingerprint density at radius 3 is 2.55 bits per heavy atom. The molecule has 3 aromatic rings. The first kappa shape index (κ1) is 21.3. The van der Waals surface area contributed by atoms with Crippen LogP contribution in [-0.2, 0) is 4.79 Å². The fraction of sp³-hybridized carbons (Fsp3) is 0.304. The molecule has 162 valence electrons. The van der Waals surface area contributed by atoms with Crippen molar-refractivity contribution in [1.82, 2.24) is 4.57 Å². The summed E-state index contributed by atoms with van der Waals surface area (Å²) in [6.45, 7) is 1.50. The number of carboxylic acids is 1. The Labute approximate surface area is 181 Å². The molecule has 0 bridgehead atoms. The van der Waals surface area contributed by atoms with Crippen molar-refractivity contribution in [3.63, 3.8) is 0 Å². The highest BCUT2D eigenvalue weighted by Crippen LogP contribution is 2.43. The van der Waals surface area contributed by atoms with Gasteiger partial charge in [0.25, 0.3) is 5.91 Å². The molecule has 0 saturated heterocycles. The number of phenols is 1. The molecule has 0 aliphatic heterocycles. The number of aliphatic carboxylic acids is 1. The summed E-state index contributed by atoms with van der Waals surface area (Å²) >= 11 is 5.99. The molecule has 1 atom stereocenters. The van der Waals surface area contributed by atoms with Crippen molar-refractivity contribution in [1.29, 1.82) is 0 Å². The molecule has 1 saturated carbocycles. The van der Waals surface area contributed by atoms with E-state index >= 15 is 4.39 Å². The maximum atomic E-state index is 15.1. The maximum absolute atomic E-state index is 15.1. The van der Waals surface area contributed by atoms with E-state index in [9.17, 15) is 24.2 Å². The zero-order valence-electron chi connectivity index (χ0n) is 16.7. The van der Waals surface area contributed by atoms with Crippen LogP contribution >= 0.6 is 11.6 Å². The first-order valence-electron chi connectivity index (χ1n) is 9.95. The van der Waals surface area contributed by atoms with E-state index in [0.717, 1.165) is 29.9 Å². The van der Waals surface area contributed by atoms with Gasteiger partial charge in [0.15, 0.2) is 17.4 Å². The molecule has 1 heterocycles. The van der Waals surface area contributed by atoms with Crippen molar-refractivity contribution in [2.75, 3.05) is 0 Å². The molecule has 0 unspecified atom stereocenters. The first-order valence-corrected chi connectivity index (χ1v) is 10.3. The SMILES string of the molecule is Cc1c([C@H](CC2CCC2)C(=O)O)c2c(F)c(O)c(F)cc2n1C(=O)c1cccc(Cl)c1. The Balaban J connectivity index is 2.00. The van der Waals surface area contributed by atoms with Crippen LogP contribution in [0, 0.1) is 24.5 Å². The number of rotatable bonds is 5. The van der Waals surface area contributed by atoms with Gasteiger partial charge in [-0.25, -0.2) is 8.78 Å². The zero-order valence-corrected chi connectivity index (χ0v) is 17.4. The minimum Gasteiger partial charge on any atom is -0.503 e. The summed E-state index contributed by atoms with van der Waals surface area (Å²) in [5, 5.41) is 19.9. The molecule has 0 spiro atoms. The molecule has 1 aliphatic rings. The number of carbonyl (C=O) groups is 2. The van der Waals surface area contributed by atoms with Crippen LogP contribution in [0.2, 0.25) is 5.02 Å². The lowest BCUT2D eigenvalue weighted by atomic mass is 9.76. The third-order valence-electron chi connectivity index (χ3n) is 6.12. The van der Waals surface area contributed by atoms with Crippen molar-refractivity contribution in [3.05, 3.63) is 63.8 Å². The number of carbonyl (C=O) groups excluding carboxylic acids is 1. The lowest BCUT2D eigenvalue weighted by molar-refractivity contribution is -0.139. The van der Waals surface area contributed by atoms with Gasteiger partial charge in [0.2, 0.25) is 0 Å². The van der Waals surface area contributed by atoms with Crippen LogP contribution in [-0.4, -0.2) is 26.7 Å². The molecule has 5 nitrogen and oxygen atoms in total. The lowest BCUT2D eigenvalue weighted by Gasteiger charge is -2.28. The van der Waals surface area contributed by atoms with Crippen LogP contribution in [0.5, 0.6) is 5.75 Å². The summed E-state index contributed by atoms with van der Waals surface area (Å²) < 4.78 is 30.4. The summed E-state index contributed by atoms with van der Waals surface area (Å²) in [6, 6.07) is 6.94. The van der Waals surface area contributed by atoms with Gasteiger partial charge in [-0.3, -0.25) is 14.2 Å². The fourth-order valence-corrected chi connectivity index (χ4v) is 4.54. The predicted molar refractivity (Wildman–Crippen MR) is 112 cm³/mol. The van der Waals surface area contributed by atoms with Gasteiger partial charge in [-0.2, -0.15) is 0 Å². The second kappa shape index (κ2) is 7.96. The van der Waals surface area contributed by atoms with E-state index in [0.29, 0.717) is 5.02 Å². The molecule has 1 aromatic heterocycles. The average molecular weight is 448 g/mol. The van der Waals surface area contributed by atoms with E-state index in [2.05, 4.69) is 0 Å². The average Bonchev–Trinajstić information content (AvgIpc) is 2.96. The van der Waals surface area contributed by atoms with Crippen molar-refractivity contribution in [2.24, 2.45) is 5.92 Å². The van der Waals surface area contributed by atoms with E-state index in [4.69, 9.17) is 11.6 Å². The van der Waals surface area contributed by atoms with Gasteiger partial charge >= 0.3 is 5.97 Å². The van der Waals surface area contributed by atoms with Gasteiger partial charge in [0.05, 0.1) is 11.4 Å². The van der Waals surface area contributed by atoms with Crippen LogP contribution < -0.4 is 0 Å². The Bertz CT molecular complexity index is 1220. The van der Waals surface area contributed by atoms with Crippen LogP contribution in [0.1, 0.15) is 53.2 Å². The zero-order chi connectivity index (χ0) is 22.4. The van der Waals surface area contributed by atoms with Crippen LogP contribution in [0.25, 0.3) is 10.9 Å². The van der Waals surface area contributed by atoms with Crippen LogP contribution in [0.15, 0.2) is 30.3 Å². The highest BCUT2D eigenvalue weighted by Gasteiger charge is 2.35. The number of benzene rings is 2. The quantitative estimate of drug-likeness (QED) is 0.531. The number of halogens is 3. The minimum absolute atomic E-state index is 0.0811. The first-order chi connectivity index (χ1) is 14.7. The minimum atomic E-state index is -1.27. The summed E-state index contributed by atoms with van der Waals surface area (Å²) in [4.78, 5) is 25.4. The van der Waals surface area contributed by atoms with Crippen molar-refractivity contribution in [3.8, 4) is 5.75 Å². The van der Waals surface area contributed by atoms with E-state index in [-0.39, 0.29) is 40.1 Å². The standard InChI is InChI=1S/C23H20ClF2NO4/c1-11-18(15(23(30)31)8-12-4-2-5-12)19-17(10-16(25)21(28)20(19)26)27(11)22(29)13-6-3-7-14(24)9-13/h3,6-7,9-10,12,15,28H,2,4-5,8H2,1H3,(H,30,31)/t15-/m0/s1. The molecule has 1 aliphatic carbocycles. The number of aromatic nitrogens is 1. The van der Waals surface area contributed by atoms with E-state index < -0.39 is 35.2 Å². The molecule has 8 heteroatoms. The van der Waals surface area contributed by atoms with Crippen LogP contribution in [0.4, 0.5) is 8.78 Å². The Morgan fingerprint density at radius 1 is 1.26 bits per heavy atom. The molecule has 0 amide bonds. The van der Waals surface area contributed by atoms with Gasteiger partial charge in [-0.05, 0) is 43.0 Å². The fourth-order valence-electron chi connectivity index (χ4n) is 4.35. The number of hydrogen-bond acceptors (Lipinski definition) is 3. The Hall–Kier alpha value is -2.93. The van der Waals surface area contributed by atoms with Gasteiger partial charge < -0.3 is 10.2 Å². The molecule has 2 aromatic carbocycles.